The average Bonchev–Trinajstić information content (AvgIpc) is 2.15. The monoisotopic (exact) mass is 195 g/mol. The second-order valence-corrected chi connectivity index (χ2v) is 3.62. The van der Waals surface area contributed by atoms with Gasteiger partial charge < -0.3 is 4.74 Å². The van der Waals surface area contributed by atoms with E-state index in [0.29, 0.717) is 12.5 Å². The summed E-state index contributed by atoms with van der Waals surface area (Å²) >= 11 is 0. The maximum atomic E-state index is 10.9. The molecule has 0 aliphatic carbocycles. The summed E-state index contributed by atoms with van der Waals surface area (Å²) in [5, 5.41) is 8.33. The Hall–Kier alpha value is -1.30. The largest absolute Gasteiger partial charge is 0.462 e. The molecule has 0 atom stereocenters. The van der Waals surface area contributed by atoms with Gasteiger partial charge in [0.1, 0.15) is 11.6 Å². The first-order chi connectivity index (χ1) is 6.57. The molecule has 0 aromatic heterocycles. The molecule has 78 valence electrons. The van der Waals surface area contributed by atoms with Crippen LogP contribution in [0.5, 0.6) is 0 Å². The number of unbranched alkanes of at least 4 members (excludes halogenated alkanes) is 1. The summed E-state index contributed by atoms with van der Waals surface area (Å²) in [7, 11) is 0. The second-order valence-electron chi connectivity index (χ2n) is 3.62. The molecule has 0 amide bonds. The number of hydrogen-bond donors (Lipinski definition) is 0. The molecule has 0 rings (SSSR count). The van der Waals surface area contributed by atoms with Crippen LogP contribution in [0.25, 0.3) is 0 Å². The normalized spacial score (nSPS) is 9.57. The summed E-state index contributed by atoms with van der Waals surface area (Å²) < 4.78 is 4.82. The molecule has 0 aromatic carbocycles. The Morgan fingerprint density at radius 3 is 2.64 bits per heavy atom. The van der Waals surface area contributed by atoms with E-state index in [2.05, 4.69) is 20.4 Å². The summed E-state index contributed by atoms with van der Waals surface area (Å²) in [5.41, 5.74) is -0.131. The van der Waals surface area contributed by atoms with Gasteiger partial charge in [-0.15, -0.1) is 0 Å². The molecular weight excluding hydrogens is 178 g/mol. The van der Waals surface area contributed by atoms with Crippen molar-refractivity contribution in [3.63, 3.8) is 0 Å². The fraction of sp³-hybridized carbons (Fsp3) is 0.636. The van der Waals surface area contributed by atoms with Crippen LogP contribution in [0.4, 0.5) is 0 Å². The van der Waals surface area contributed by atoms with Crippen molar-refractivity contribution in [3.8, 4) is 6.07 Å². The van der Waals surface area contributed by atoms with E-state index in [1.165, 1.54) is 0 Å². The third-order valence-corrected chi connectivity index (χ3v) is 1.79. The van der Waals surface area contributed by atoms with Crippen molar-refractivity contribution in [1.82, 2.24) is 0 Å². The van der Waals surface area contributed by atoms with Gasteiger partial charge in [0.25, 0.3) is 0 Å². The third kappa shape index (κ3) is 6.24. The number of carbonyl (C=O) groups excluding carboxylic acids is 1. The van der Waals surface area contributed by atoms with Crippen molar-refractivity contribution >= 4 is 5.97 Å². The van der Waals surface area contributed by atoms with Crippen LogP contribution in [0.3, 0.4) is 0 Å². The van der Waals surface area contributed by atoms with Crippen LogP contribution in [0.2, 0.25) is 0 Å². The summed E-state index contributed by atoms with van der Waals surface area (Å²) in [6.45, 7) is 7.96. The summed E-state index contributed by atoms with van der Waals surface area (Å²) in [6.07, 6.45) is 3.03. The maximum absolute atomic E-state index is 10.9. The minimum Gasteiger partial charge on any atom is -0.462 e. The number of esters is 1. The van der Waals surface area contributed by atoms with Gasteiger partial charge >= 0.3 is 5.97 Å². The Balaban J connectivity index is 3.42. The molecule has 0 spiro atoms. The van der Waals surface area contributed by atoms with E-state index < -0.39 is 5.97 Å². The molecule has 0 saturated heterocycles. The highest BCUT2D eigenvalue weighted by molar-refractivity contribution is 5.91. The Morgan fingerprint density at radius 2 is 2.14 bits per heavy atom. The van der Waals surface area contributed by atoms with Crippen LogP contribution in [-0.4, -0.2) is 12.6 Å². The van der Waals surface area contributed by atoms with Crippen LogP contribution in [0.1, 0.15) is 33.1 Å². The van der Waals surface area contributed by atoms with Gasteiger partial charge in [-0.3, -0.25) is 0 Å². The van der Waals surface area contributed by atoms with E-state index in [-0.39, 0.29) is 5.57 Å². The Labute approximate surface area is 85.4 Å². The van der Waals surface area contributed by atoms with E-state index in [1.54, 1.807) is 6.07 Å². The van der Waals surface area contributed by atoms with Crippen LogP contribution in [-0.2, 0) is 9.53 Å². The lowest BCUT2D eigenvalue weighted by Crippen LogP contribution is -2.07. The molecule has 0 fully saturated rings. The predicted molar refractivity (Wildman–Crippen MR) is 54.4 cm³/mol. The smallest absolute Gasteiger partial charge is 0.348 e. The quantitative estimate of drug-likeness (QED) is 0.283. The van der Waals surface area contributed by atoms with E-state index in [9.17, 15) is 4.79 Å². The molecule has 0 aliphatic heterocycles. The van der Waals surface area contributed by atoms with Crippen LogP contribution in [0.15, 0.2) is 12.2 Å². The van der Waals surface area contributed by atoms with Crippen molar-refractivity contribution in [1.29, 1.82) is 5.26 Å². The first kappa shape index (κ1) is 12.7. The number of nitriles is 1. The molecule has 0 unspecified atom stereocenters. The highest BCUT2D eigenvalue weighted by Gasteiger charge is 2.06. The zero-order valence-corrected chi connectivity index (χ0v) is 8.88. The molecule has 3 heteroatoms. The molecule has 0 bridgehead atoms. The van der Waals surface area contributed by atoms with Crippen molar-refractivity contribution in [3.05, 3.63) is 12.2 Å². The predicted octanol–water partition coefficient (Wildman–Crippen LogP) is 2.44. The molecular formula is C11H17NO2. The Kier molecular flexibility index (Phi) is 6.47. The van der Waals surface area contributed by atoms with Crippen molar-refractivity contribution < 1.29 is 9.53 Å². The third-order valence-electron chi connectivity index (χ3n) is 1.79. The number of carbonyl (C=O) groups is 1. The molecule has 0 saturated carbocycles. The van der Waals surface area contributed by atoms with Crippen LogP contribution >= 0.6 is 0 Å². The zero-order valence-electron chi connectivity index (χ0n) is 8.88. The molecule has 0 aromatic rings. The summed E-state index contributed by atoms with van der Waals surface area (Å²) in [5.74, 6) is 0.0804. The Morgan fingerprint density at radius 1 is 1.50 bits per heavy atom. The van der Waals surface area contributed by atoms with Crippen molar-refractivity contribution in [2.75, 3.05) is 6.61 Å². The fourth-order valence-corrected chi connectivity index (χ4v) is 0.952. The van der Waals surface area contributed by atoms with E-state index in [4.69, 9.17) is 10.00 Å². The average molecular weight is 195 g/mol. The van der Waals surface area contributed by atoms with Gasteiger partial charge in [0.15, 0.2) is 0 Å². The second kappa shape index (κ2) is 7.14. The molecule has 0 radical (unpaired) electrons. The highest BCUT2D eigenvalue weighted by atomic mass is 16.5. The molecule has 14 heavy (non-hydrogen) atoms. The van der Waals surface area contributed by atoms with E-state index >= 15 is 0 Å². The molecule has 3 nitrogen and oxygen atoms in total. The lowest BCUT2D eigenvalue weighted by Gasteiger charge is -2.04. The lowest BCUT2D eigenvalue weighted by molar-refractivity contribution is -0.138. The number of ether oxygens (including phenoxy) is 1. The first-order valence-corrected chi connectivity index (χ1v) is 4.84. The number of rotatable bonds is 6. The first-order valence-electron chi connectivity index (χ1n) is 4.84. The lowest BCUT2D eigenvalue weighted by atomic mass is 10.1. The van der Waals surface area contributed by atoms with Gasteiger partial charge in [-0.2, -0.15) is 5.26 Å². The van der Waals surface area contributed by atoms with Gasteiger partial charge in [-0.25, -0.2) is 4.79 Å². The minimum absolute atomic E-state index is 0.131. The maximum Gasteiger partial charge on any atom is 0.348 e. The van der Waals surface area contributed by atoms with Gasteiger partial charge in [0.05, 0.1) is 6.61 Å². The van der Waals surface area contributed by atoms with Crippen molar-refractivity contribution in [2.24, 2.45) is 5.92 Å². The number of nitrogens with zero attached hydrogens (tertiary/aromatic N) is 1. The fourth-order valence-electron chi connectivity index (χ4n) is 0.952. The summed E-state index contributed by atoms with van der Waals surface area (Å²) in [6, 6.07) is 1.65. The SMILES string of the molecule is C=C(C#N)C(=O)OCCCCC(C)C. The minimum atomic E-state index is -0.600. The summed E-state index contributed by atoms with van der Waals surface area (Å²) in [4.78, 5) is 10.9. The number of hydrogen-bond acceptors (Lipinski definition) is 3. The van der Waals surface area contributed by atoms with Gasteiger partial charge in [-0.1, -0.05) is 26.8 Å². The van der Waals surface area contributed by atoms with E-state index in [0.717, 1.165) is 19.3 Å². The van der Waals surface area contributed by atoms with Gasteiger partial charge in [-0.05, 0) is 18.8 Å². The van der Waals surface area contributed by atoms with Crippen LogP contribution < -0.4 is 0 Å². The Bertz CT molecular complexity index is 238. The van der Waals surface area contributed by atoms with Gasteiger partial charge in [0.2, 0.25) is 0 Å². The van der Waals surface area contributed by atoms with Crippen LogP contribution in [0, 0.1) is 17.2 Å². The topological polar surface area (TPSA) is 50.1 Å². The van der Waals surface area contributed by atoms with E-state index in [1.807, 2.05) is 0 Å². The van der Waals surface area contributed by atoms with Gasteiger partial charge in [0, 0.05) is 0 Å². The standard InChI is InChI=1S/C11H17NO2/c1-9(2)6-4-5-7-14-11(13)10(3)8-12/h9H,3-7H2,1-2H3. The molecule has 0 heterocycles. The molecule has 0 N–H and O–H groups in total. The highest BCUT2D eigenvalue weighted by Crippen LogP contribution is 2.06. The zero-order chi connectivity index (χ0) is 11.0. The van der Waals surface area contributed by atoms with Crippen molar-refractivity contribution in [2.45, 2.75) is 33.1 Å². The molecule has 0 aliphatic rings.